The van der Waals surface area contributed by atoms with Gasteiger partial charge >= 0.3 is 6.09 Å². The number of hydrogen-bond donors (Lipinski definition) is 2. The highest BCUT2D eigenvalue weighted by Gasteiger charge is 2.18. The van der Waals surface area contributed by atoms with E-state index >= 15 is 0 Å². The van der Waals surface area contributed by atoms with Gasteiger partial charge in [0.2, 0.25) is 0 Å². The molecule has 5 heteroatoms. The minimum Gasteiger partial charge on any atom is -0.444 e. The molecule has 0 bridgehead atoms. The lowest BCUT2D eigenvalue weighted by Crippen LogP contribution is -2.37. The molecule has 1 rings (SSSR count). The van der Waals surface area contributed by atoms with Crippen molar-refractivity contribution in [2.24, 2.45) is 0 Å². The molecule has 106 valence electrons. The zero-order chi connectivity index (χ0) is 14.5. The van der Waals surface area contributed by atoms with E-state index in [0.29, 0.717) is 6.54 Å². The Hall–Kier alpha value is -1.07. The second-order valence-corrected chi connectivity index (χ2v) is 6.10. The summed E-state index contributed by atoms with van der Waals surface area (Å²) < 4.78 is 6.22. The molecule has 0 aliphatic rings. The van der Waals surface area contributed by atoms with Gasteiger partial charge in [0.1, 0.15) is 5.60 Å². The van der Waals surface area contributed by atoms with Gasteiger partial charge in [-0.25, -0.2) is 4.79 Å². The molecule has 0 aromatic heterocycles. The number of amides is 1. The van der Waals surface area contributed by atoms with Gasteiger partial charge in [0.15, 0.2) is 0 Å². The van der Waals surface area contributed by atoms with Gasteiger partial charge in [0.05, 0.1) is 6.04 Å². The maximum atomic E-state index is 11.6. The van der Waals surface area contributed by atoms with Crippen LogP contribution in [0.25, 0.3) is 0 Å². The number of ether oxygens (including phenoxy) is 1. The van der Waals surface area contributed by atoms with E-state index in [1.807, 2.05) is 52.1 Å². The van der Waals surface area contributed by atoms with Crippen LogP contribution in [0.2, 0.25) is 0 Å². The molecule has 1 aromatic carbocycles. The summed E-state index contributed by atoms with van der Waals surface area (Å²) in [5, 5.41) is 5.95. The van der Waals surface area contributed by atoms with Gasteiger partial charge in [-0.2, -0.15) is 0 Å². The molecular formula is C14H21BrN2O2. The smallest absolute Gasteiger partial charge is 0.407 e. The quantitative estimate of drug-likeness (QED) is 0.892. The Morgan fingerprint density at radius 3 is 2.53 bits per heavy atom. The Morgan fingerprint density at radius 2 is 2.00 bits per heavy atom. The SMILES string of the molecule is CNC(CNC(=O)OC(C)(C)C)c1ccccc1Br. The van der Waals surface area contributed by atoms with Crippen LogP contribution in [0, 0.1) is 0 Å². The number of benzene rings is 1. The molecule has 0 fully saturated rings. The molecule has 0 aliphatic heterocycles. The van der Waals surface area contributed by atoms with E-state index in [4.69, 9.17) is 4.74 Å². The van der Waals surface area contributed by atoms with Crippen molar-refractivity contribution in [3.05, 3.63) is 34.3 Å². The Labute approximate surface area is 123 Å². The maximum Gasteiger partial charge on any atom is 0.407 e. The van der Waals surface area contributed by atoms with Gasteiger partial charge < -0.3 is 15.4 Å². The topological polar surface area (TPSA) is 50.4 Å². The zero-order valence-electron chi connectivity index (χ0n) is 11.8. The first-order chi connectivity index (χ1) is 8.83. The van der Waals surface area contributed by atoms with E-state index in [1.165, 1.54) is 0 Å². The van der Waals surface area contributed by atoms with Crippen molar-refractivity contribution in [1.82, 2.24) is 10.6 Å². The highest BCUT2D eigenvalue weighted by molar-refractivity contribution is 9.10. The molecule has 19 heavy (non-hydrogen) atoms. The first-order valence-electron chi connectivity index (χ1n) is 6.22. The van der Waals surface area contributed by atoms with Crippen LogP contribution in [-0.2, 0) is 4.74 Å². The molecule has 1 unspecified atom stereocenters. The fourth-order valence-corrected chi connectivity index (χ4v) is 2.19. The summed E-state index contributed by atoms with van der Waals surface area (Å²) in [5.41, 5.74) is 0.619. The number of nitrogens with one attached hydrogen (secondary N) is 2. The molecular weight excluding hydrogens is 308 g/mol. The summed E-state index contributed by atoms with van der Waals surface area (Å²) in [6.45, 7) is 6.00. The average molecular weight is 329 g/mol. The summed E-state index contributed by atoms with van der Waals surface area (Å²) >= 11 is 3.51. The van der Waals surface area contributed by atoms with Crippen LogP contribution < -0.4 is 10.6 Å². The van der Waals surface area contributed by atoms with Crippen LogP contribution in [0.4, 0.5) is 4.79 Å². The average Bonchev–Trinajstić information content (AvgIpc) is 2.29. The number of likely N-dealkylation sites (N-methyl/N-ethyl adjacent to an activating group) is 1. The van der Waals surface area contributed by atoms with Crippen molar-refractivity contribution in [2.75, 3.05) is 13.6 Å². The molecule has 0 saturated heterocycles. The monoisotopic (exact) mass is 328 g/mol. The Bertz CT molecular complexity index is 430. The molecule has 1 aromatic rings. The van der Waals surface area contributed by atoms with E-state index in [-0.39, 0.29) is 6.04 Å². The van der Waals surface area contributed by atoms with Crippen molar-refractivity contribution >= 4 is 22.0 Å². The predicted octanol–water partition coefficient (Wildman–Crippen LogP) is 3.23. The number of hydrogen-bond acceptors (Lipinski definition) is 3. The molecule has 0 radical (unpaired) electrons. The highest BCUT2D eigenvalue weighted by atomic mass is 79.9. The molecule has 0 spiro atoms. The van der Waals surface area contributed by atoms with Gasteiger partial charge in [-0.1, -0.05) is 34.1 Å². The summed E-state index contributed by atoms with van der Waals surface area (Å²) in [6.07, 6.45) is -0.403. The first-order valence-corrected chi connectivity index (χ1v) is 7.01. The van der Waals surface area contributed by atoms with Crippen molar-refractivity contribution in [3.8, 4) is 0 Å². The number of halogens is 1. The van der Waals surface area contributed by atoms with Gasteiger partial charge in [-0.3, -0.25) is 0 Å². The van der Waals surface area contributed by atoms with Crippen LogP contribution in [0.1, 0.15) is 32.4 Å². The summed E-state index contributed by atoms with van der Waals surface area (Å²) in [7, 11) is 1.86. The van der Waals surface area contributed by atoms with Crippen molar-refractivity contribution in [2.45, 2.75) is 32.4 Å². The first kappa shape index (κ1) is 16.0. The Kier molecular flexibility index (Phi) is 5.82. The number of rotatable bonds is 4. The standard InChI is InChI=1S/C14H21BrN2O2/c1-14(2,3)19-13(18)17-9-12(16-4)10-7-5-6-8-11(10)15/h5-8,12,16H,9H2,1-4H3,(H,17,18). The minimum absolute atomic E-state index is 0.0306. The molecule has 1 atom stereocenters. The number of alkyl carbamates (subject to hydrolysis) is 1. The molecule has 1 amide bonds. The van der Waals surface area contributed by atoms with E-state index in [1.54, 1.807) is 0 Å². The largest absolute Gasteiger partial charge is 0.444 e. The van der Waals surface area contributed by atoms with Crippen molar-refractivity contribution < 1.29 is 9.53 Å². The summed E-state index contributed by atoms with van der Waals surface area (Å²) in [6, 6.07) is 7.96. The zero-order valence-corrected chi connectivity index (χ0v) is 13.4. The summed E-state index contributed by atoms with van der Waals surface area (Å²) in [5.74, 6) is 0. The fourth-order valence-electron chi connectivity index (χ4n) is 1.62. The second-order valence-electron chi connectivity index (χ2n) is 5.25. The highest BCUT2D eigenvalue weighted by Crippen LogP contribution is 2.22. The lowest BCUT2D eigenvalue weighted by Gasteiger charge is -2.22. The molecule has 0 saturated carbocycles. The van der Waals surface area contributed by atoms with Crippen LogP contribution >= 0.6 is 15.9 Å². The lowest BCUT2D eigenvalue weighted by atomic mass is 10.1. The number of carbonyl (C=O) groups excluding carboxylic acids is 1. The van der Waals surface area contributed by atoms with E-state index in [9.17, 15) is 4.79 Å². The van der Waals surface area contributed by atoms with Gasteiger partial charge in [0, 0.05) is 11.0 Å². The second kappa shape index (κ2) is 6.91. The van der Waals surface area contributed by atoms with Gasteiger partial charge in [-0.05, 0) is 39.4 Å². The van der Waals surface area contributed by atoms with Crippen molar-refractivity contribution in [1.29, 1.82) is 0 Å². The third kappa shape index (κ3) is 5.61. The van der Waals surface area contributed by atoms with E-state index in [0.717, 1.165) is 10.0 Å². The normalized spacial score (nSPS) is 12.9. The molecule has 0 aliphatic carbocycles. The number of carbonyl (C=O) groups is 1. The Morgan fingerprint density at radius 1 is 1.37 bits per heavy atom. The minimum atomic E-state index is -0.480. The van der Waals surface area contributed by atoms with Crippen molar-refractivity contribution in [3.63, 3.8) is 0 Å². The lowest BCUT2D eigenvalue weighted by molar-refractivity contribution is 0.0523. The molecule has 0 heterocycles. The van der Waals surface area contributed by atoms with Crippen LogP contribution in [-0.4, -0.2) is 25.3 Å². The molecule has 4 nitrogen and oxygen atoms in total. The van der Waals surface area contributed by atoms with E-state index in [2.05, 4.69) is 26.6 Å². The maximum absolute atomic E-state index is 11.6. The third-order valence-electron chi connectivity index (χ3n) is 2.48. The van der Waals surface area contributed by atoms with Gasteiger partial charge in [0.25, 0.3) is 0 Å². The van der Waals surface area contributed by atoms with Gasteiger partial charge in [-0.15, -0.1) is 0 Å². The molecule has 2 N–H and O–H groups in total. The summed E-state index contributed by atoms with van der Waals surface area (Å²) in [4.78, 5) is 11.6. The fraction of sp³-hybridized carbons (Fsp3) is 0.500. The van der Waals surface area contributed by atoms with Crippen LogP contribution in [0.5, 0.6) is 0 Å². The predicted molar refractivity (Wildman–Crippen MR) is 80.2 cm³/mol. The Balaban J connectivity index is 2.59. The third-order valence-corrected chi connectivity index (χ3v) is 3.20. The van der Waals surface area contributed by atoms with Crippen LogP contribution in [0.3, 0.4) is 0 Å². The van der Waals surface area contributed by atoms with Crippen LogP contribution in [0.15, 0.2) is 28.7 Å². The van der Waals surface area contributed by atoms with E-state index < -0.39 is 11.7 Å².